The Labute approximate surface area is 241 Å². The SMILES string of the molecule is Cc1c(/C=C/C=c2/c(C)c3c([nH]c2=O)=NN(c2ccc(O)cc2)C3=O)c(O)[nH]c2nn(-c3ccc(C(=O)O)cc3)c(=O)c1-2. The molecule has 0 spiro atoms. The van der Waals surface area contributed by atoms with E-state index in [4.69, 9.17) is 5.11 Å². The van der Waals surface area contributed by atoms with Crippen molar-refractivity contribution in [3.8, 4) is 28.7 Å². The summed E-state index contributed by atoms with van der Waals surface area (Å²) in [5.74, 6) is -1.64. The van der Waals surface area contributed by atoms with Crippen molar-refractivity contribution in [2.45, 2.75) is 13.8 Å². The summed E-state index contributed by atoms with van der Waals surface area (Å²) in [6, 6.07) is 11.5. The zero-order chi connectivity index (χ0) is 30.6. The van der Waals surface area contributed by atoms with E-state index in [0.717, 1.165) is 9.69 Å². The summed E-state index contributed by atoms with van der Waals surface area (Å²) in [6.07, 6.45) is 4.51. The molecule has 3 aliphatic rings. The monoisotopic (exact) mass is 578 g/mol. The Balaban J connectivity index is 1.37. The number of nitrogens with one attached hydrogen (secondary N) is 2. The lowest BCUT2D eigenvalue weighted by atomic mass is 10.0. The Morgan fingerprint density at radius 2 is 1.56 bits per heavy atom. The third kappa shape index (κ3) is 4.44. The molecule has 0 radical (unpaired) electrons. The van der Waals surface area contributed by atoms with Crippen LogP contribution in [-0.4, -0.2) is 46.9 Å². The molecule has 0 saturated carbocycles. The summed E-state index contributed by atoms with van der Waals surface area (Å²) in [5.41, 5.74) is 1.53. The van der Waals surface area contributed by atoms with Gasteiger partial charge in [0.1, 0.15) is 5.75 Å². The van der Waals surface area contributed by atoms with E-state index in [-0.39, 0.29) is 50.4 Å². The molecule has 5 N–H and O–H groups in total. The van der Waals surface area contributed by atoms with Crippen molar-refractivity contribution in [1.29, 1.82) is 0 Å². The molecule has 4 heterocycles. The van der Waals surface area contributed by atoms with Crippen LogP contribution in [0.4, 0.5) is 5.69 Å². The van der Waals surface area contributed by atoms with Gasteiger partial charge in [-0.3, -0.25) is 14.4 Å². The molecule has 1 amide bonds. The number of amides is 1. The molecule has 13 nitrogen and oxygen atoms in total. The number of carboxylic acid groups (broad SMARTS) is 1. The Hall–Kier alpha value is -6.24. The van der Waals surface area contributed by atoms with Gasteiger partial charge in [-0.15, -0.1) is 10.2 Å². The number of aromatic amines is 2. The zero-order valence-electron chi connectivity index (χ0n) is 22.6. The number of carbonyl (C=O) groups excluding carboxylic acids is 1. The molecular weight excluding hydrogens is 556 g/mol. The molecular formula is C30H22N6O7. The van der Waals surface area contributed by atoms with Crippen LogP contribution in [0, 0.1) is 13.8 Å². The third-order valence-electron chi connectivity index (χ3n) is 7.19. The van der Waals surface area contributed by atoms with Crippen LogP contribution < -0.4 is 26.8 Å². The van der Waals surface area contributed by atoms with E-state index in [1.807, 2.05) is 0 Å². The number of phenolic OH excluding ortho intramolecular Hbond substituents is 1. The second-order valence-electron chi connectivity index (χ2n) is 9.78. The van der Waals surface area contributed by atoms with Gasteiger partial charge in [-0.2, -0.15) is 9.69 Å². The van der Waals surface area contributed by atoms with E-state index in [1.54, 1.807) is 13.8 Å². The second kappa shape index (κ2) is 9.99. The van der Waals surface area contributed by atoms with Crippen molar-refractivity contribution in [3.63, 3.8) is 0 Å². The largest absolute Gasteiger partial charge is 0.508 e. The number of anilines is 1. The maximum atomic E-state index is 13.2. The number of allylic oxidation sites excluding steroid dienone is 1. The standard InChI is InChI=1S/C30H22N6O7/c1-14-20(26(38)31-24-22(14)28(40)35(33-24)17-8-6-16(7-9-17)30(42)43)4-3-5-21-15(2)23-25(32-27(21)39)34-36(29(23)41)18-10-12-19(37)13-11-18/h3-13,37H,1-2H3,(H,42,43)(H2,31,33,38)(H,32,34,39)/b4-3+,21-5-. The minimum atomic E-state index is -1.10. The normalized spacial score (nSPS) is 13.2. The smallest absolute Gasteiger partial charge is 0.335 e. The Morgan fingerprint density at radius 3 is 2.23 bits per heavy atom. The molecule has 3 aliphatic heterocycles. The predicted molar refractivity (Wildman–Crippen MR) is 155 cm³/mol. The first-order chi connectivity index (χ1) is 20.5. The van der Waals surface area contributed by atoms with Gasteiger partial charge in [0.05, 0.1) is 28.1 Å². The molecule has 43 heavy (non-hydrogen) atoms. The topological polar surface area (TPSA) is 194 Å². The van der Waals surface area contributed by atoms with Gasteiger partial charge in [-0.05, 0) is 85.7 Å². The van der Waals surface area contributed by atoms with Crippen molar-refractivity contribution in [2.24, 2.45) is 5.10 Å². The zero-order valence-corrected chi connectivity index (χ0v) is 22.6. The van der Waals surface area contributed by atoms with E-state index in [1.165, 1.54) is 66.8 Å². The van der Waals surface area contributed by atoms with Crippen molar-refractivity contribution in [1.82, 2.24) is 19.7 Å². The Bertz CT molecular complexity index is 2210. The van der Waals surface area contributed by atoms with Crippen LogP contribution in [0.2, 0.25) is 0 Å². The second-order valence-corrected chi connectivity index (χ2v) is 9.78. The molecule has 0 aliphatic carbocycles. The van der Waals surface area contributed by atoms with Gasteiger partial charge in [0, 0.05) is 10.8 Å². The highest BCUT2D eigenvalue weighted by Gasteiger charge is 2.28. The molecule has 3 aromatic rings. The van der Waals surface area contributed by atoms with Crippen LogP contribution in [0.25, 0.3) is 29.2 Å². The molecule has 0 bridgehead atoms. The van der Waals surface area contributed by atoms with Crippen molar-refractivity contribution >= 4 is 29.7 Å². The minimum Gasteiger partial charge on any atom is -0.508 e. The molecule has 0 fully saturated rings. The highest BCUT2D eigenvalue weighted by atomic mass is 16.4. The highest BCUT2D eigenvalue weighted by Crippen LogP contribution is 2.30. The summed E-state index contributed by atoms with van der Waals surface area (Å²) in [4.78, 5) is 55.8. The van der Waals surface area contributed by atoms with Gasteiger partial charge in [0.2, 0.25) is 0 Å². The molecule has 214 valence electrons. The van der Waals surface area contributed by atoms with Gasteiger partial charge in [0.15, 0.2) is 17.2 Å². The highest BCUT2D eigenvalue weighted by molar-refractivity contribution is 6.08. The molecule has 1 aromatic heterocycles. The van der Waals surface area contributed by atoms with Gasteiger partial charge in [-0.1, -0.05) is 6.08 Å². The number of aromatic nitrogens is 4. The number of nitrogens with zero attached hydrogens (tertiary/aromatic N) is 4. The maximum Gasteiger partial charge on any atom is 0.335 e. The molecule has 6 rings (SSSR count). The molecule has 13 heteroatoms. The first-order valence-corrected chi connectivity index (χ1v) is 12.9. The van der Waals surface area contributed by atoms with Crippen LogP contribution in [0.3, 0.4) is 0 Å². The maximum absolute atomic E-state index is 13.2. The van der Waals surface area contributed by atoms with Crippen molar-refractivity contribution < 1.29 is 24.9 Å². The van der Waals surface area contributed by atoms with Crippen molar-refractivity contribution in [2.75, 3.05) is 5.01 Å². The summed E-state index contributed by atoms with van der Waals surface area (Å²) in [6.45, 7) is 3.27. The fourth-order valence-electron chi connectivity index (χ4n) is 4.96. The lowest BCUT2D eigenvalue weighted by Crippen LogP contribution is -2.38. The first-order valence-electron chi connectivity index (χ1n) is 12.9. The number of rotatable bonds is 5. The number of aromatic hydroxyl groups is 2. The van der Waals surface area contributed by atoms with E-state index in [2.05, 4.69) is 20.2 Å². The van der Waals surface area contributed by atoms with Gasteiger partial charge in [-0.25, -0.2) is 4.79 Å². The Kier molecular flexibility index (Phi) is 6.26. The predicted octanol–water partition coefficient (Wildman–Crippen LogP) is 1.77. The number of aromatic carboxylic acids is 1. The molecule has 2 aromatic carbocycles. The molecule has 0 saturated heterocycles. The lowest BCUT2D eigenvalue weighted by molar-refractivity contribution is 0.0696. The van der Waals surface area contributed by atoms with E-state index < -0.39 is 23.0 Å². The third-order valence-corrected chi connectivity index (χ3v) is 7.19. The van der Waals surface area contributed by atoms with Crippen LogP contribution in [0.5, 0.6) is 11.6 Å². The number of pyridine rings is 2. The van der Waals surface area contributed by atoms with Crippen LogP contribution in [0.1, 0.15) is 37.4 Å². The average Bonchev–Trinajstić information content (AvgIpc) is 3.48. The van der Waals surface area contributed by atoms with Gasteiger partial charge < -0.3 is 25.3 Å². The number of carbonyl (C=O) groups is 2. The van der Waals surface area contributed by atoms with Gasteiger partial charge >= 0.3 is 5.97 Å². The number of fused-ring (bicyclic) bond motifs is 2. The number of carboxylic acids is 1. The number of phenols is 1. The van der Waals surface area contributed by atoms with Crippen LogP contribution in [0.15, 0.2) is 69.3 Å². The van der Waals surface area contributed by atoms with Crippen LogP contribution in [-0.2, 0) is 0 Å². The summed E-state index contributed by atoms with van der Waals surface area (Å²) in [5, 5.41) is 39.2. The fraction of sp³-hybridized carbons (Fsp3) is 0.0667. The number of hydrogen-bond donors (Lipinski definition) is 5. The average molecular weight is 579 g/mol. The summed E-state index contributed by atoms with van der Waals surface area (Å²) in [7, 11) is 0. The van der Waals surface area contributed by atoms with Crippen molar-refractivity contribution in [3.05, 3.63) is 114 Å². The van der Waals surface area contributed by atoms with E-state index in [9.17, 15) is 29.4 Å². The Morgan fingerprint density at radius 1 is 0.884 bits per heavy atom. The molecule has 0 unspecified atom stereocenters. The van der Waals surface area contributed by atoms with E-state index >= 15 is 0 Å². The van der Waals surface area contributed by atoms with Crippen LogP contribution >= 0.6 is 0 Å². The lowest BCUT2D eigenvalue weighted by Gasteiger charge is -2.11. The van der Waals surface area contributed by atoms with E-state index in [0.29, 0.717) is 22.5 Å². The quantitative estimate of drug-likeness (QED) is 0.208. The first kappa shape index (κ1) is 27.0. The number of hydrogen-bond acceptors (Lipinski definition) is 8. The van der Waals surface area contributed by atoms with Gasteiger partial charge in [0.25, 0.3) is 17.0 Å². The molecule has 0 atom stereocenters. The number of benzene rings is 2. The summed E-state index contributed by atoms with van der Waals surface area (Å²) < 4.78 is 1.11. The fourth-order valence-corrected chi connectivity index (χ4v) is 4.96. The minimum absolute atomic E-state index is 0.0341. The summed E-state index contributed by atoms with van der Waals surface area (Å²) >= 11 is 0. The number of H-pyrrole nitrogens is 2.